The molecule has 94 valence electrons. The highest BCUT2D eigenvalue weighted by molar-refractivity contribution is 7.98. The second-order valence-electron chi connectivity index (χ2n) is 4.40. The molecule has 1 aromatic heterocycles. The first-order chi connectivity index (χ1) is 8.67. The first-order valence-electron chi connectivity index (χ1n) is 6.02. The molecule has 0 amide bonds. The number of nitrogens with zero attached hydrogens (tertiary/aromatic N) is 1. The van der Waals surface area contributed by atoms with E-state index >= 15 is 0 Å². The zero-order valence-corrected chi connectivity index (χ0v) is 11.8. The van der Waals surface area contributed by atoms with Crippen molar-refractivity contribution in [3.8, 4) is 0 Å². The Balaban J connectivity index is 2.06. The van der Waals surface area contributed by atoms with Crippen molar-refractivity contribution in [3.05, 3.63) is 53.1 Å². The summed E-state index contributed by atoms with van der Waals surface area (Å²) in [5, 5.41) is 4.12. The van der Waals surface area contributed by atoms with E-state index in [1.807, 2.05) is 25.2 Å². The predicted molar refractivity (Wildman–Crippen MR) is 79.3 cm³/mol. The maximum Gasteiger partial charge on any atom is 0.126 e. The van der Waals surface area contributed by atoms with Gasteiger partial charge in [-0.05, 0) is 31.5 Å². The fraction of sp³-hybridized carbons (Fsp3) is 0.267. The lowest BCUT2D eigenvalue weighted by Crippen LogP contribution is -1.92. The molecule has 2 nitrogen and oxygen atoms in total. The highest BCUT2D eigenvalue weighted by Crippen LogP contribution is 2.23. The lowest BCUT2D eigenvalue weighted by Gasteiger charge is -2.06. The third-order valence-corrected chi connectivity index (χ3v) is 3.65. The summed E-state index contributed by atoms with van der Waals surface area (Å²) in [7, 11) is 1.89. The molecule has 18 heavy (non-hydrogen) atoms. The Morgan fingerprint density at radius 3 is 2.50 bits per heavy atom. The van der Waals surface area contributed by atoms with Crippen molar-refractivity contribution >= 4 is 17.6 Å². The molecule has 0 bridgehead atoms. The first-order valence-corrected chi connectivity index (χ1v) is 7.01. The number of nitrogens with one attached hydrogen (secondary N) is 1. The number of aromatic nitrogens is 1. The van der Waals surface area contributed by atoms with Crippen molar-refractivity contribution in [1.29, 1.82) is 0 Å². The van der Waals surface area contributed by atoms with Crippen molar-refractivity contribution in [2.45, 2.75) is 24.6 Å². The summed E-state index contributed by atoms with van der Waals surface area (Å²) in [6, 6.07) is 12.7. The summed E-state index contributed by atoms with van der Waals surface area (Å²) >= 11 is 1.77. The van der Waals surface area contributed by atoms with E-state index in [0.29, 0.717) is 0 Å². The monoisotopic (exact) mass is 258 g/mol. The van der Waals surface area contributed by atoms with Crippen molar-refractivity contribution in [3.63, 3.8) is 0 Å². The fourth-order valence-electron chi connectivity index (χ4n) is 1.94. The van der Waals surface area contributed by atoms with Crippen LogP contribution in [0.2, 0.25) is 0 Å². The summed E-state index contributed by atoms with van der Waals surface area (Å²) in [5.74, 6) is 1.88. The SMILES string of the molecule is CNc1cccc(SCc2cc(C)cc(C)c2)n1. The van der Waals surface area contributed by atoms with Gasteiger partial charge in [0.15, 0.2) is 0 Å². The van der Waals surface area contributed by atoms with E-state index < -0.39 is 0 Å². The van der Waals surface area contributed by atoms with Gasteiger partial charge >= 0.3 is 0 Å². The van der Waals surface area contributed by atoms with E-state index in [1.165, 1.54) is 16.7 Å². The third-order valence-electron chi connectivity index (χ3n) is 2.65. The van der Waals surface area contributed by atoms with Gasteiger partial charge in [0, 0.05) is 12.8 Å². The quantitative estimate of drug-likeness (QED) is 0.838. The Bertz CT molecular complexity index is 518. The van der Waals surface area contributed by atoms with E-state index in [2.05, 4.69) is 42.3 Å². The largest absolute Gasteiger partial charge is 0.373 e. The van der Waals surface area contributed by atoms with Crippen LogP contribution in [-0.4, -0.2) is 12.0 Å². The van der Waals surface area contributed by atoms with Crippen LogP contribution < -0.4 is 5.32 Å². The molecule has 1 N–H and O–H groups in total. The maximum absolute atomic E-state index is 4.50. The van der Waals surface area contributed by atoms with Crippen molar-refractivity contribution in [2.24, 2.45) is 0 Å². The van der Waals surface area contributed by atoms with Crippen LogP contribution in [0.5, 0.6) is 0 Å². The smallest absolute Gasteiger partial charge is 0.126 e. The number of hydrogen-bond acceptors (Lipinski definition) is 3. The Kier molecular flexibility index (Phi) is 4.26. The number of rotatable bonds is 4. The number of hydrogen-bond donors (Lipinski definition) is 1. The average molecular weight is 258 g/mol. The van der Waals surface area contributed by atoms with Gasteiger partial charge in [-0.3, -0.25) is 0 Å². The molecule has 0 atom stereocenters. The van der Waals surface area contributed by atoms with Crippen LogP contribution in [0, 0.1) is 13.8 Å². The number of benzene rings is 1. The molecular weight excluding hydrogens is 240 g/mol. The number of thioether (sulfide) groups is 1. The molecule has 0 fully saturated rings. The highest BCUT2D eigenvalue weighted by Gasteiger charge is 2.00. The van der Waals surface area contributed by atoms with E-state index in [4.69, 9.17) is 0 Å². The highest BCUT2D eigenvalue weighted by atomic mass is 32.2. The molecule has 3 heteroatoms. The average Bonchev–Trinajstić information content (AvgIpc) is 2.35. The van der Waals surface area contributed by atoms with Crippen LogP contribution in [0.1, 0.15) is 16.7 Å². The molecule has 0 radical (unpaired) electrons. The zero-order chi connectivity index (χ0) is 13.0. The molecule has 0 saturated carbocycles. The summed E-state index contributed by atoms with van der Waals surface area (Å²) in [6.45, 7) is 4.28. The van der Waals surface area contributed by atoms with Crippen LogP contribution in [0.3, 0.4) is 0 Å². The molecule has 0 aliphatic rings. The van der Waals surface area contributed by atoms with Crippen LogP contribution in [-0.2, 0) is 5.75 Å². The number of anilines is 1. The standard InChI is InChI=1S/C15H18N2S/c1-11-7-12(2)9-13(8-11)10-18-15-6-4-5-14(16-3)17-15/h4-9H,10H2,1-3H3,(H,16,17). The minimum atomic E-state index is 0.917. The number of aryl methyl sites for hydroxylation is 2. The Labute approximate surface area is 113 Å². The minimum Gasteiger partial charge on any atom is -0.373 e. The van der Waals surface area contributed by atoms with Gasteiger partial charge in [0.2, 0.25) is 0 Å². The molecule has 0 aliphatic carbocycles. The summed E-state index contributed by atoms with van der Waals surface area (Å²) in [5.41, 5.74) is 4.00. The summed E-state index contributed by atoms with van der Waals surface area (Å²) in [4.78, 5) is 4.50. The number of pyridine rings is 1. The minimum absolute atomic E-state index is 0.917. The van der Waals surface area contributed by atoms with Gasteiger partial charge in [-0.25, -0.2) is 4.98 Å². The van der Waals surface area contributed by atoms with Gasteiger partial charge in [-0.1, -0.05) is 35.4 Å². The van der Waals surface area contributed by atoms with Gasteiger partial charge in [0.05, 0.1) is 5.03 Å². The maximum atomic E-state index is 4.50. The van der Waals surface area contributed by atoms with E-state index in [1.54, 1.807) is 11.8 Å². The molecule has 2 aromatic rings. The van der Waals surface area contributed by atoms with E-state index in [-0.39, 0.29) is 0 Å². The molecule has 1 heterocycles. The van der Waals surface area contributed by atoms with Crippen LogP contribution in [0.15, 0.2) is 41.4 Å². The lowest BCUT2D eigenvalue weighted by molar-refractivity contribution is 1.12. The molecule has 0 unspecified atom stereocenters. The van der Waals surface area contributed by atoms with Gasteiger partial charge in [-0.2, -0.15) is 0 Å². The normalized spacial score (nSPS) is 10.4. The zero-order valence-electron chi connectivity index (χ0n) is 11.0. The van der Waals surface area contributed by atoms with E-state index in [9.17, 15) is 0 Å². The summed E-state index contributed by atoms with van der Waals surface area (Å²) < 4.78 is 0. The molecule has 0 saturated heterocycles. The van der Waals surface area contributed by atoms with Gasteiger partial charge in [-0.15, -0.1) is 11.8 Å². The predicted octanol–water partition coefficient (Wildman–Crippen LogP) is 4.03. The van der Waals surface area contributed by atoms with Crippen LogP contribution >= 0.6 is 11.8 Å². The molecule has 1 aromatic carbocycles. The molecule has 2 rings (SSSR count). The van der Waals surface area contributed by atoms with Gasteiger partial charge in [0.25, 0.3) is 0 Å². The second kappa shape index (κ2) is 5.91. The lowest BCUT2D eigenvalue weighted by atomic mass is 10.1. The molecular formula is C15H18N2S. The van der Waals surface area contributed by atoms with E-state index in [0.717, 1.165) is 16.6 Å². The Morgan fingerprint density at radius 2 is 1.83 bits per heavy atom. The third kappa shape index (κ3) is 3.50. The fourth-order valence-corrected chi connectivity index (χ4v) is 2.76. The van der Waals surface area contributed by atoms with Crippen molar-refractivity contribution in [1.82, 2.24) is 4.98 Å². The molecule has 0 aliphatic heterocycles. The Hall–Kier alpha value is -1.48. The van der Waals surface area contributed by atoms with Crippen molar-refractivity contribution < 1.29 is 0 Å². The Morgan fingerprint density at radius 1 is 1.11 bits per heavy atom. The topological polar surface area (TPSA) is 24.9 Å². The first kappa shape index (κ1) is 13.0. The van der Waals surface area contributed by atoms with Crippen LogP contribution in [0.4, 0.5) is 5.82 Å². The van der Waals surface area contributed by atoms with Gasteiger partial charge in [0.1, 0.15) is 5.82 Å². The summed E-state index contributed by atoms with van der Waals surface area (Å²) in [6.07, 6.45) is 0. The van der Waals surface area contributed by atoms with Crippen molar-refractivity contribution in [2.75, 3.05) is 12.4 Å². The molecule has 0 spiro atoms. The van der Waals surface area contributed by atoms with Crippen LogP contribution in [0.25, 0.3) is 0 Å². The second-order valence-corrected chi connectivity index (χ2v) is 5.39. The van der Waals surface area contributed by atoms with Gasteiger partial charge < -0.3 is 5.32 Å².